The molecule has 2 aliphatic carbocycles. The summed E-state index contributed by atoms with van der Waals surface area (Å²) in [6, 6.07) is 16.1. The van der Waals surface area contributed by atoms with Crippen molar-refractivity contribution in [1.82, 2.24) is 0 Å². The van der Waals surface area contributed by atoms with Gasteiger partial charge in [0, 0.05) is 0 Å². The van der Waals surface area contributed by atoms with Crippen LogP contribution in [0.2, 0.25) is 19.6 Å². The zero-order chi connectivity index (χ0) is 27.4. The molecule has 1 saturated carbocycles. The summed E-state index contributed by atoms with van der Waals surface area (Å²) >= 11 is 1.69. The molecule has 212 valence electrons. The van der Waals surface area contributed by atoms with Crippen LogP contribution in [0, 0.1) is 6.08 Å². The molecule has 0 nitrogen and oxygen atoms in total. The molecular weight excluding hydrogens is 611 g/mol. The fourth-order valence-corrected chi connectivity index (χ4v) is 6.95. The van der Waals surface area contributed by atoms with E-state index in [4.69, 9.17) is 0 Å². The van der Waals surface area contributed by atoms with Gasteiger partial charge in [0.05, 0.1) is 0 Å². The van der Waals surface area contributed by atoms with Gasteiger partial charge in [0.15, 0.2) is 0 Å². The van der Waals surface area contributed by atoms with Crippen molar-refractivity contribution in [1.29, 1.82) is 0 Å². The van der Waals surface area contributed by atoms with Crippen LogP contribution in [0.5, 0.6) is 0 Å². The van der Waals surface area contributed by atoms with Crippen molar-refractivity contribution >= 4 is 32.8 Å². The number of benzene rings is 2. The second kappa shape index (κ2) is 15.0. The van der Waals surface area contributed by atoms with Gasteiger partial charge in [0.1, 0.15) is 0 Å². The van der Waals surface area contributed by atoms with Crippen LogP contribution in [0.3, 0.4) is 0 Å². The Hall–Kier alpha value is -0.660. The molecular formula is C35H48Cl2SiZr-2. The van der Waals surface area contributed by atoms with E-state index in [-0.39, 0.29) is 35.6 Å². The first-order chi connectivity index (χ1) is 17.2. The maximum atomic E-state index is 3.20. The van der Waals surface area contributed by atoms with E-state index in [9.17, 15) is 0 Å². The molecule has 0 radical (unpaired) electrons. The molecule has 0 bridgehead atoms. The van der Waals surface area contributed by atoms with Gasteiger partial charge in [-0.2, -0.15) is 6.08 Å². The van der Waals surface area contributed by atoms with Crippen LogP contribution in [0.4, 0.5) is 0 Å². The Labute approximate surface area is 267 Å². The van der Waals surface area contributed by atoms with Gasteiger partial charge < -0.3 is 24.8 Å². The number of halogens is 2. The molecule has 1 fully saturated rings. The van der Waals surface area contributed by atoms with Crippen molar-refractivity contribution in [2.75, 3.05) is 0 Å². The first-order valence-corrected chi connectivity index (χ1v) is 18.9. The van der Waals surface area contributed by atoms with E-state index in [0.29, 0.717) is 0 Å². The second-order valence-corrected chi connectivity index (χ2v) is 20.7. The Kier molecular flexibility index (Phi) is 14.0. The second-order valence-electron chi connectivity index (χ2n) is 13.9. The number of allylic oxidation sites excluding steroid dienone is 4. The molecule has 0 amide bonds. The van der Waals surface area contributed by atoms with E-state index in [1.54, 1.807) is 32.6 Å². The summed E-state index contributed by atoms with van der Waals surface area (Å²) in [6.07, 6.45) is 16.0. The Morgan fingerprint density at radius 2 is 1.21 bits per heavy atom. The van der Waals surface area contributed by atoms with Crippen molar-refractivity contribution < 1.29 is 49.0 Å². The predicted octanol–water partition coefficient (Wildman–Crippen LogP) is 4.54. The molecule has 39 heavy (non-hydrogen) atoms. The van der Waals surface area contributed by atoms with E-state index in [1.807, 2.05) is 0 Å². The van der Waals surface area contributed by atoms with Gasteiger partial charge in [0.2, 0.25) is 0 Å². The average Bonchev–Trinajstić information content (AvgIpc) is 3.47. The molecule has 0 spiro atoms. The summed E-state index contributed by atoms with van der Waals surface area (Å²) in [7, 11) is -0.981. The van der Waals surface area contributed by atoms with E-state index < -0.39 is 8.07 Å². The first-order valence-electron chi connectivity index (χ1n) is 14.1. The zero-order valence-corrected chi connectivity index (χ0v) is 30.7. The van der Waals surface area contributed by atoms with Gasteiger partial charge in [-0.1, -0.05) is 96.6 Å². The zero-order valence-electron chi connectivity index (χ0n) is 25.7. The van der Waals surface area contributed by atoms with Gasteiger partial charge in [0.25, 0.3) is 0 Å². The van der Waals surface area contributed by atoms with E-state index >= 15 is 0 Å². The van der Waals surface area contributed by atoms with E-state index in [1.165, 1.54) is 64.8 Å². The molecule has 0 saturated heterocycles. The third-order valence-electron chi connectivity index (χ3n) is 7.46. The van der Waals surface area contributed by atoms with Crippen LogP contribution >= 0.6 is 0 Å². The third-order valence-corrected chi connectivity index (χ3v) is 10.8. The van der Waals surface area contributed by atoms with Crippen LogP contribution in [0.15, 0.2) is 59.8 Å². The Balaban J connectivity index is 0.000000350. The number of hydrogen-bond acceptors (Lipinski definition) is 0. The summed E-state index contributed by atoms with van der Waals surface area (Å²) in [5, 5.41) is 7.04. The Bertz CT molecular complexity index is 1210. The van der Waals surface area contributed by atoms with Crippen molar-refractivity contribution in [3.63, 3.8) is 0 Å². The first kappa shape index (κ1) is 36.4. The molecule has 3 aromatic carbocycles. The number of fused-ring (bicyclic) bond motifs is 3. The summed E-state index contributed by atoms with van der Waals surface area (Å²) in [6.45, 7) is 20.8. The normalized spacial score (nSPS) is 15.5. The van der Waals surface area contributed by atoms with Crippen molar-refractivity contribution in [3.8, 4) is 0 Å². The molecule has 0 unspecified atom stereocenters. The van der Waals surface area contributed by atoms with Gasteiger partial charge >= 0.3 is 59.5 Å². The number of rotatable bonds is 1. The van der Waals surface area contributed by atoms with Gasteiger partial charge in [-0.3, -0.25) is 6.08 Å². The van der Waals surface area contributed by atoms with Crippen molar-refractivity contribution in [3.05, 3.63) is 77.0 Å². The maximum absolute atomic E-state index is 3.20. The van der Waals surface area contributed by atoms with E-state index in [2.05, 4.69) is 122 Å². The monoisotopic (exact) mass is 656 g/mol. The molecule has 2 aliphatic rings. The molecule has 0 aromatic heterocycles. The van der Waals surface area contributed by atoms with Crippen molar-refractivity contribution in [2.24, 2.45) is 0 Å². The van der Waals surface area contributed by atoms with Crippen LogP contribution in [-0.2, 0) is 35.1 Å². The van der Waals surface area contributed by atoms with Crippen molar-refractivity contribution in [2.45, 2.75) is 111 Å². The minimum absolute atomic E-state index is 0. The SMILES string of the molecule is CC(C)(C)c1ccc2[cH-]c3ccc(C(C)(C)C)cc3c2c1.C[Si](C)(C)C1=CC[C-]=C1.[Cl-].[Cl-].[Zr+2]=[C]1CCCCC1. The molecule has 4 heteroatoms. The molecule has 0 aliphatic heterocycles. The summed E-state index contributed by atoms with van der Waals surface area (Å²) in [4.78, 5) is 0. The third kappa shape index (κ3) is 10.6. The molecule has 0 N–H and O–H groups in total. The van der Waals surface area contributed by atoms with Crippen LogP contribution in [0.25, 0.3) is 21.5 Å². The standard InChI is InChI=1S/C21H25.C8H13Si.C6H10.2ClH.Zr/c1-20(2,3)16-9-7-14-11-15-8-10-17(21(4,5)6)13-19(15)18(14)12-16;1-9(2,3)8-6-4-5-7-8;1-2-4-6-5-3-1;;;/h7-13H,1-6H3;6-7H,4H2,1-3H3;1-5H2;2*1H;/q2*-1;;;;+2/p-2. The Morgan fingerprint density at radius 1 is 0.744 bits per heavy atom. The molecule has 0 atom stereocenters. The van der Waals surface area contributed by atoms with Gasteiger partial charge in [-0.05, 0) is 18.9 Å². The predicted molar refractivity (Wildman–Crippen MR) is 166 cm³/mol. The topological polar surface area (TPSA) is 0 Å². The molecule has 0 heterocycles. The quantitative estimate of drug-likeness (QED) is 0.266. The molecule has 5 rings (SSSR count). The van der Waals surface area contributed by atoms with Crippen LogP contribution in [0.1, 0.15) is 91.2 Å². The molecule has 3 aromatic rings. The number of hydrogen-bond donors (Lipinski definition) is 0. The summed E-state index contributed by atoms with van der Waals surface area (Å²) in [5.74, 6) is 0. The average molecular weight is 659 g/mol. The minimum atomic E-state index is -0.981. The van der Waals surface area contributed by atoms with Gasteiger partial charge in [-0.25, -0.2) is 11.3 Å². The fraction of sp³-hybridized carbons (Fsp3) is 0.486. The van der Waals surface area contributed by atoms with Gasteiger partial charge in [-0.15, -0.1) is 46.2 Å². The fourth-order valence-electron chi connectivity index (χ4n) is 4.83. The Morgan fingerprint density at radius 3 is 1.49 bits per heavy atom. The van der Waals surface area contributed by atoms with Crippen LogP contribution < -0.4 is 24.8 Å². The summed E-state index contributed by atoms with van der Waals surface area (Å²) < 4.78 is 1.80. The van der Waals surface area contributed by atoms with E-state index in [0.717, 1.165) is 6.42 Å². The summed E-state index contributed by atoms with van der Waals surface area (Å²) in [5.41, 5.74) is 3.20. The van der Waals surface area contributed by atoms with Crippen LogP contribution in [-0.4, -0.2) is 11.3 Å².